The van der Waals surface area contributed by atoms with Crippen LogP contribution in [0.5, 0.6) is 0 Å². The molecule has 0 spiro atoms. The third-order valence-corrected chi connectivity index (χ3v) is 4.45. The minimum absolute atomic E-state index is 0.152. The van der Waals surface area contributed by atoms with E-state index >= 15 is 0 Å². The van der Waals surface area contributed by atoms with Crippen molar-refractivity contribution in [1.29, 1.82) is 0 Å². The Balaban J connectivity index is 1.54. The quantitative estimate of drug-likeness (QED) is 0.595. The van der Waals surface area contributed by atoms with Crippen LogP contribution in [-0.4, -0.2) is 31.1 Å². The highest BCUT2D eigenvalue weighted by Crippen LogP contribution is 2.18. The van der Waals surface area contributed by atoms with E-state index < -0.39 is 0 Å². The molecule has 4 rings (SSSR count). The highest BCUT2D eigenvalue weighted by Gasteiger charge is 2.14. The minimum Gasteiger partial charge on any atom is -0.348 e. The normalized spacial score (nSPS) is 11.0. The van der Waals surface area contributed by atoms with E-state index in [9.17, 15) is 4.79 Å². The van der Waals surface area contributed by atoms with Crippen molar-refractivity contribution in [3.05, 3.63) is 71.0 Å². The fourth-order valence-electron chi connectivity index (χ4n) is 3.00. The molecular formula is C19H18N6O. The zero-order valence-electron chi connectivity index (χ0n) is 14.5. The van der Waals surface area contributed by atoms with Gasteiger partial charge in [0.05, 0.1) is 11.4 Å². The average molecular weight is 346 g/mol. The summed E-state index contributed by atoms with van der Waals surface area (Å²) >= 11 is 0. The van der Waals surface area contributed by atoms with Gasteiger partial charge >= 0.3 is 0 Å². The highest BCUT2D eigenvalue weighted by molar-refractivity contribution is 5.97. The van der Waals surface area contributed by atoms with Crippen molar-refractivity contribution in [2.75, 3.05) is 0 Å². The molecule has 7 nitrogen and oxygen atoms in total. The number of amides is 1. The predicted molar refractivity (Wildman–Crippen MR) is 98.1 cm³/mol. The largest absolute Gasteiger partial charge is 0.348 e. The zero-order chi connectivity index (χ0) is 18.1. The number of aryl methyl sites for hydroxylation is 1. The summed E-state index contributed by atoms with van der Waals surface area (Å²) in [5.74, 6) is -0.152. The van der Waals surface area contributed by atoms with Crippen LogP contribution in [0.3, 0.4) is 0 Å². The van der Waals surface area contributed by atoms with Gasteiger partial charge in [-0.25, -0.2) is 4.68 Å². The van der Waals surface area contributed by atoms with Crippen LogP contribution in [0.25, 0.3) is 16.7 Å². The van der Waals surface area contributed by atoms with E-state index in [1.54, 1.807) is 18.2 Å². The third-order valence-electron chi connectivity index (χ3n) is 4.45. The Morgan fingerprint density at radius 2 is 1.85 bits per heavy atom. The number of carbonyl (C=O) groups excluding carboxylic acids is 1. The predicted octanol–water partition coefficient (Wildman–Crippen LogP) is 2.69. The molecule has 2 heterocycles. The smallest absolute Gasteiger partial charge is 0.251 e. The molecule has 2 aromatic carbocycles. The Hall–Kier alpha value is -3.48. The Bertz CT molecular complexity index is 1080. The van der Waals surface area contributed by atoms with Crippen LogP contribution < -0.4 is 5.32 Å². The van der Waals surface area contributed by atoms with Gasteiger partial charge in [-0.2, -0.15) is 20.5 Å². The van der Waals surface area contributed by atoms with E-state index in [0.717, 1.165) is 28.2 Å². The molecule has 2 aromatic heterocycles. The monoisotopic (exact) mass is 346 g/mol. The van der Waals surface area contributed by atoms with Gasteiger partial charge in [0.15, 0.2) is 0 Å². The molecule has 0 fully saturated rings. The van der Waals surface area contributed by atoms with Crippen molar-refractivity contribution >= 4 is 16.9 Å². The molecule has 0 bridgehead atoms. The number of H-pyrrole nitrogens is 1. The molecule has 1 amide bonds. The lowest BCUT2D eigenvalue weighted by atomic mass is 10.1. The number of carbonyl (C=O) groups is 1. The second-order valence-electron chi connectivity index (χ2n) is 6.11. The van der Waals surface area contributed by atoms with Gasteiger partial charge in [0, 0.05) is 23.4 Å². The Morgan fingerprint density at radius 1 is 1.08 bits per heavy atom. The molecule has 0 radical (unpaired) electrons. The summed E-state index contributed by atoms with van der Waals surface area (Å²) in [6.07, 6.45) is 0. The molecule has 0 saturated carbocycles. The number of para-hydroxylation sites is 1. The van der Waals surface area contributed by atoms with Gasteiger partial charge in [-0.3, -0.25) is 4.79 Å². The van der Waals surface area contributed by atoms with Gasteiger partial charge in [-0.15, -0.1) is 0 Å². The molecule has 0 aliphatic heterocycles. The number of rotatable bonds is 4. The molecule has 0 atom stereocenters. The number of aromatic nitrogens is 5. The molecule has 4 aromatic rings. The van der Waals surface area contributed by atoms with E-state index in [1.807, 2.05) is 48.9 Å². The summed E-state index contributed by atoms with van der Waals surface area (Å²) in [6.45, 7) is 4.38. The average Bonchev–Trinajstić information content (AvgIpc) is 3.24. The summed E-state index contributed by atoms with van der Waals surface area (Å²) in [5, 5.41) is 18.1. The summed E-state index contributed by atoms with van der Waals surface area (Å²) in [7, 11) is 0. The van der Waals surface area contributed by atoms with Crippen LogP contribution in [0.15, 0.2) is 48.5 Å². The van der Waals surface area contributed by atoms with Crippen LogP contribution in [0.4, 0.5) is 0 Å². The van der Waals surface area contributed by atoms with Crippen LogP contribution in [0.2, 0.25) is 0 Å². The molecule has 2 N–H and O–H groups in total. The molecule has 130 valence electrons. The second-order valence-corrected chi connectivity index (χ2v) is 6.11. The van der Waals surface area contributed by atoms with E-state index in [2.05, 4.69) is 25.8 Å². The van der Waals surface area contributed by atoms with Crippen LogP contribution in [0.1, 0.15) is 27.3 Å². The zero-order valence-corrected chi connectivity index (χ0v) is 14.5. The Morgan fingerprint density at radius 3 is 2.65 bits per heavy atom. The van der Waals surface area contributed by atoms with Gasteiger partial charge in [0.25, 0.3) is 5.91 Å². The molecule has 0 aliphatic carbocycles. The third kappa shape index (κ3) is 2.83. The maximum absolute atomic E-state index is 12.5. The topological polar surface area (TPSA) is 88.5 Å². The number of nitrogens with one attached hydrogen (secondary N) is 2. The number of fused-ring (bicyclic) bond motifs is 1. The van der Waals surface area contributed by atoms with Gasteiger partial charge in [-0.1, -0.05) is 18.2 Å². The lowest BCUT2D eigenvalue weighted by Gasteiger charge is -2.07. The first kappa shape index (κ1) is 16.0. The number of benzene rings is 2. The molecule has 7 heteroatoms. The molecule has 0 saturated heterocycles. The minimum atomic E-state index is -0.152. The standard InChI is InChI=1S/C19H18N6O/c1-12-16(13(2)25(23-12)15-6-4-3-5-7-15)11-20-19(26)14-8-9-17-18(10-14)22-24-21-17/h3-10H,11H2,1-2H3,(H,20,26)(H,21,22,24). The van der Waals surface area contributed by atoms with Crippen LogP contribution in [-0.2, 0) is 6.54 Å². The van der Waals surface area contributed by atoms with Crippen molar-refractivity contribution < 1.29 is 4.79 Å². The maximum atomic E-state index is 12.5. The number of nitrogens with zero attached hydrogens (tertiary/aromatic N) is 4. The first-order valence-corrected chi connectivity index (χ1v) is 8.33. The first-order chi connectivity index (χ1) is 12.6. The first-order valence-electron chi connectivity index (χ1n) is 8.33. The molecular weight excluding hydrogens is 328 g/mol. The maximum Gasteiger partial charge on any atom is 0.251 e. The lowest BCUT2D eigenvalue weighted by molar-refractivity contribution is 0.0951. The molecule has 0 unspecified atom stereocenters. The number of hydrogen-bond donors (Lipinski definition) is 2. The van der Waals surface area contributed by atoms with Gasteiger partial charge in [0.1, 0.15) is 11.0 Å². The number of aromatic amines is 1. The van der Waals surface area contributed by atoms with Crippen molar-refractivity contribution in [2.45, 2.75) is 20.4 Å². The molecule has 26 heavy (non-hydrogen) atoms. The second kappa shape index (κ2) is 6.44. The molecule has 0 aliphatic rings. The van der Waals surface area contributed by atoms with Crippen molar-refractivity contribution in [1.82, 2.24) is 30.5 Å². The van der Waals surface area contributed by atoms with Crippen LogP contribution >= 0.6 is 0 Å². The van der Waals surface area contributed by atoms with Crippen molar-refractivity contribution in [3.8, 4) is 5.69 Å². The SMILES string of the molecule is Cc1nn(-c2ccccc2)c(C)c1CNC(=O)c1ccc2n[nH]nc2c1. The summed E-state index contributed by atoms with van der Waals surface area (Å²) in [4.78, 5) is 12.5. The van der Waals surface area contributed by atoms with Gasteiger partial charge < -0.3 is 5.32 Å². The lowest BCUT2D eigenvalue weighted by Crippen LogP contribution is -2.23. The van der Waals surface area contributed by atoms with E-state index in [0.29, 0.717) is 17.6 Å². The van der Waals surface area contributed by atoms with E-state index in [-0.39, 0.29) is 5.91 Å². The van der Waals surface area contributed by atoms with Crippen molar-refractivity contribution in [3.63, 3.8) is 0 Å². The van der Waals surface area contributed by atoms with E-state index in [4.69, 9.17) is 0 Å². The summed E-state index contributed by atoms with van der Waals surface area (Å²) in [5.41, 5.74) is 5.89. The van der Waals surface area contributed by atoms with E-state index in [1.165, 1.54) is 0 Å². The Labute approximate surface area is 150 Å². The Kier molecular flexibility index (Phi) is 3.96. The fourth-order valence-corrected chi connectivity index (χ4v) is 3.00. The highest BCUT2D eigenvalue weighted by atomic mass is 16.1. The summed E-state index contributed by atoms with van der Waals surface area (Å²) < 4.78 is 1.90. The van der Waals surface area contributed by atoms with Crippen molar-refractivity contribution in [2.24, 2.45) is 0 Å². The van der Waals surface area contributed by atoms with Gasteiger partial charge in [0.2, 0.25) is 0 Å². The summed E-state index contributed by atoms with van der Waals surface area (Å²) in [6, 6.07) is 15.2. The number of hydrogen-bond acceptors (Lipinski definition) is 4. The van der Waals surface area contributed by atoms with Gasteiger partial charge in [-0.05, 0) is 44.2 Å². The van der Waals surface area contributed by atoms with Crippen LogP contribution in [0, 0.1) is 13.8 Å². The fraction of sp³-hybridized carbons (Fsp3) is 0.158.